The Morgan fingerprint density at radius 2 is 1.81 bits per heavy atom. The molecular formula is C21H20FN3OS. The van der Waals surface area contributed by atoms with Crippen LogP contribution in [0.5, 0.6) is 0 Å². The highest BCUT2D eigenvalue weighted by Crippen LogP contribution is 2.35. The molecule has 2 aromatic heterocycles. The van der Waals surface area contributed by atoms with E-state index in [1.807, 2.05) is 23.2 Å². The summed E-state index contributed by atoms with van der Waals surface area (Å²) in [5, 5.41) is 2.10. The molecule has 1 fully saturated rings. The lowest BCUT2D eigenvalue weighted by Crippen LogP contribution is -2.49. The minimum absolute atomic E-state index is 0.0588. The molecule has 1 amide bonds. The van der Waals surface area contributed by atoms with E-state index < -0.39 is 0 Å². The molecule has 0 unspecified atom stereocenters. The lowest BCUT2D eigenvalue weighted by molar-refractivity contribution is 0.0556. The van der Waals surface area contributed by atoms with Gasteiger partial charge in [0.2, 0.25) is 0 Å². The van der Waals surface area contributed by atoms with E-state index in [9.17, 15) is 9.18 Å². The number of nitrogens with zero attached hydrogens (tertiary/aromatic N) is 3. The van der Waals surface area contributed by atoms with Crippen molar-refractivity contribution in [2.45, 2.75) is 25.2 Å². The molecule has 0 N–H and O–H groups in total. The van der Waals surface area contributed by atoms with Crippen molar-refractivity contribution >= 4 is 17.2 Å². The van der Waals surface area contributed by atoms with Crippen molar-refractivity contribution in [2.24, 2.45) is 0 Å². The molecule has 2 aliphatic heterocycles. The van der Waals surface area contributed by atoms with Gasteiger partial charge in [0.25, 0.3) is 5.91 Å². The highest BCUT2D eigenvalue weighted by Gasteiger charge is 2.44. The van der Waals surface area contributed by atoms with Crippen LogP contribution in [0.1, 0.15) is 27.0 Å². The highest BCUT2D eigenvalue weighted by atomic mass is 32.1. The van der Waals surface area contributed by atoms with Gasteiger partial charge in [0.1, 0.15) is 11.5 Å². The van der Waals surface area contributed by atoms with Gasteiger partial charge in [-0.3, -0.25) is 9.69 Å². The van der Waals surface area contributed by atoms with Crippen molar-refractivity contribution in [1.29, 1.82) is 0 Å². The first-order chi connectivity index (χ1) is 13.2. The third kappa shape index (κ3) is 2.99. The SMILES string of the molecule is O=C1c2cccn2[C@@H]2CN(Cc3cccs3)C[C@H]2N1Cc1ccc(F)cc1. The van der Waals surface area contributed by atoms with Crippen molar-refractivity contribution in [3.05, 3.63) is 82.1 Å². The zero-order chi connectivity index (χ0) is 18.4. The lowest BCUT2D eigenvalue weighted by Gasteiger charge is -2.38. The quantitative estimate of drug-likeness (QED) is 0.688. The molecule has 2 aliphatic rings. The van der Waals surface area contributed by atoms with Crippen LogP contribution in [0.15, 0.2) is 60.1 Å². The van der Waals surface area contributed by atoms with E-state index in [0.717, 1.165) is 30.9 Å². The van der Waals surface area contributed by atoms with Crippen molar-refractivity contribution in [2.75, 3.05) is 13.1 Å². The molecule has 0 radical (unpaired) electrons. The first-order valence-corrected chi connectivity index (χ1v) is 10.0. The predicted molar refractivity (Wildman–Crippen MR) is 103 cm³/mol. The minimum Gasteiger partial charge on any atom is -0.337 e. The topological polar surface area (TPSA) is 28.5 Å². The number of halogens is 1. The largest absolute Gasteiger partial charge is 0.337 e. The molecule has 138 valence electrons. The monoisotopic (exact) mass is 381 g/mol. The fourth-order valence-electron chi connectivity index (χ4n) is 4.32. The number of rotatable bonds is 4. The Hall–Kier alpha value is -2.44. The Labute approximate surface area is 161 Å². The van der Waals surface area contributed by atoms with Crippen LogP contribution in [0.4, 0.5) is 4.39 Å². The van der Waals surface area contributed by atoms with Gasteiger partial charge in [-0.05, 0) is 41.3 Å². The molecule has 4 heterocycles. The van der Waals surface area contributed by atoms with Crippen LogP contribution in [0.2, 0.25) is 0 Å². The van der Waals surface area contributed by atoms with Gasteiger partial charge in [0, 0.05) is 37.3 Å². The molecule has 27 heavy (non-hydrogen) atoms. The normalized spacial score (nSPS) is 22.1. The summed E-state index contributed by atoms with van der Waals surface area (Å²) in [5.41, 5.74) is 1.71. The molecule has 1 aromatic carbocycles. The average Bonchev–Trinajstić information content (AvgIpc) is 3.40. The van der Waals surface area contributed by atoms with Crippen LogP contribution in [0.3, 0.4) is 0 Å². The summed E-state index contributed by atoms with van der Waals surface area (Å²) in [7, 11) is 0. The molecule has 0 spiro atoms. The molecule has 1 saturated heterocycles. The van der Waals surface area contributed by atoms with Gasteiger partial charge in [-0.1, -0.05) is 18.2 Å². The molecule has 6 heteroatoms. The highest BCUT2D eigenvalue weighted by molar-refractivity contribution is 7.09. The lowest BCUT2D eigenvalue weighted by atomic mass is 10.0. The van der Waals surface area contributed by atoms with Crippen molar-refractivity contribution < 1.29 is 9.18 Å². The number of benzene rings is 1. The molecule has 0 bridgehead atoms. The zero-order valence-corrected chi connectivity index (χ0v) is 15.6. The number of carbonyl (C=O) groups is 1. The Morgan fingerprint density at radius 1 is 1.00 bits per heavy atom. The van der Waals surface area contributed by atoms with Gasteiger partial charge in [0.05, 0.1) is 12.1 Å². The Bertz CT molecular complexity index is 950. The number of carbonyl (C=O) groups excluding carboxylic acids is 1. The first kappa shape index (κ1) is 16.7. The van der Waals surface area contributed by atoms with Gasteiger partial charge in [-0.25, -0.2) is 4.39 Å². The maximum Gasteiger partial charge on any atom is 0.271 e. The number of aromatic nitrogens is 1. The van der Waals surface area contributed by atoms with Gasteiger partial charge >= 0.3 is 0 Å². The summed E-state index contributed by atoms with van der Waals surface area (Å²) in [6, 6.07) is 14.9. The van der Waals surface area contributed by atoms with E-state index in [1.165, 1.54) is 17.0 Å². The molecule has 5 rings (SSSR count). The number of hydrogen-bond acceptors (Lipinski definition) is 3. The van der Waals surface area contributed by atoms with E-state index in [-0.39, 0.29) is 23.8 Å². The summed E-state index contributed by atoms with van der Waals surface area (Å²) in [6.07, 6.45) is 2.02. The second-order valence-corrected chi connectivity index (χ2v) is 8.30. The third-order valence-electron chi connectivity index (χ3n) is 5.58. The van der Waals surface area contributed by atoms with Crippen molar-refractivity contribution in [3.8, 4) is 0 Å². The fraction of sp³-hybridized carbons (Fsp3) is 0.286. The van der Waals surface area contributed by atoms with E-state index >= 15 is 0 Å². The first-order valence-electron chi connectivity index (χ1n) is 9.16. The van der Waals surface area contributed by atoms with Crippen LogP contribution < -0.4 is 0 Å². The smallest absolute Gasteiger partial charge is 0.271 e. The molecule has 0 aliphatic carbocycles. The zero-order valence-electron chi connectivity index (χ0n) is 14.8. The Balaban J connectivity index is 1.44. The number of amides is 1. The Morgan fingerprint density at radius 3 is 2.59 bits per heavy atom. The van der Waals surface area contributed by atoms with E-state index in [0.29, 0.717) is 6.54 Å². The number of likely N-dealkylation sites (tertiary alicyclic amines) is 1. The molecule has 4 nitrogen and oxygen atoms in total. The van der Waals surface area contributed by atoms with E-state index in [2.05, 4.69) is 27.0 Å². The van der Waals surface area contributed by atoms with Crippen LogP contribution >= 0.6 is 11.3 Å². The average molecular weight is 381 g/mol. The van der Waals surface area contributed by atoms with Gasteiger partial charge in [0.15, 0.2) is 0 Å². The number of thiophene rings is 1. The summed E-state index contributed by atoms with van der Waals surface area (Å²) < 4.78 is 15.4. The second kappa shape index (κ2) is 6.62. The van der Waals surface area contributed by atoms with Crippen LogP contribution in [0, 0.1) is 5.82 Å². The Kier molecular flexibility index (Phi) is 4.10. The van der Waals surface area contributed by atoms with Crippen LogP contribution in [-0.4, -0.2) is 39.4 Å². The maximum atomic E-state index is 13.3. The van der Waals surface area contributed by atoms with Crippen LogP contribution in [0.25, 0.3) is 0 Å². The molecule has 0 saturated carbocycles. The summed E-state index contributed by atoms with van der Waals surface area (Å²) in [5.74, 6) is -0.193. The maximum absolute atomic E-state index is 13.3. The van der Waals surface area contributed by atoms with Crippen molar-refractivity contribution in [1.82, 2.24) is 14.4 Å². The van der Waals surface area contributed by atoms with Crippen LogP contribution in [-0.2, 0) is 13.1 Å². The summed E-state index contributed by atoms with van der Waals surface area (Å²) >= 11 is 1.77. The number of hydrogen-bond donors (Lipinski definition) is 0. The minimum atomic E-state index is -0.251. The second-order valence-electron chi connectivity index (χ2n) is 7.27. The van der Waals surface area contributed by atoms with E-state index in [4.69, 9.17) is 0 Å². The van der Waals surface area contributed by atoms with Crippen molar-refractivity contribution in [3.63, 3.8) is 0 Å². The summed E-state index contributed by atoms with van der Waals surface area (Å²) in [6.45, 7) is 3.21. The molecule has 2 atom stereocenters. The van der Waals surface area contributed by atoms with Gasteiger partial charge in [-0.15, -0.1) is 11.3 Å². The van der Waals surface area contributed by atoms with E-state index in [1.54, 1.807) is 23.5 Å². The molecule has 3 aromatic rings. The fourth-order valence-corrected chi connectivity index (χ4v) is 5.06. The third-order valence-corrected chi connectivity index (χ3v) is 6.44. The summed E-state index contributed by atoms with van der Waals surface area (Å²) in [4.78, 5) is 18.9. The van der Waals surface area contributed by atoms with Gasteiger partial charge in [-0.2, -0.15) is 0 Å². The van der Waals surface area contributed by atoms with Gasteiger partial charge < -0.3 is 9.47 Å². The molecular weight excluding hydrogens is 361 g/mol. The predicted octanol–water partition coefficient (Wildman–Crippen LogP) is 3.77. The number of fused-ring (bicyclic) bond motifs is 3. The standard InChI is InChI=1S/C21H20FN3OS/c22-16-7-5-15(6-8-16)11-25-20-14-23(12-17-3-2-10-27-17)13-19(20)24-9-1-4-18(24)21(25)26/h1-10,19-20H,11-14H2/t19-,20-/m1/s1.